The van der Waals surface area contributed by atoms with Crippen LogP contribution in [0.2, 0.25) is 0 Å². The van der Waals surface area contributed by atoms with E-state index in [9.17, 15) is 10.5 Å². The molecule has 1 fully saturated rings. The van der Waals surface area contributed by atoms with Crippen molar-refractivity contribution in [3.8, 4) is 17.1 Å². The maximum atomic E-state index is 11.0. The second-order valence-electron chi connectivity index (χ2n) is 10.1. The van der Waals surface area contributed by atoms with Gasteiger partial charge in [0.1, 0.15) is 11.6 Å². The van der Waals surface area contributed by atoms with Crippen LogP contribution >= 0.6 is 0 Å². The Morgan fingerprint density at radius 3 is 2.90 bits per heavy atom. The summed E-state index contributed by atoms with van der Waals surface area (Å²) < 4.78 is 14.0. The molecule has 0 radical (unpaired) electrons. The van der Waals surface area contributed by atoms with Crippen molar-refractivity contribution in [2.45, 2.75) is 52.7 Å². The van der Waals surface area contributed by atoms with Crippen LogP contribution in [0.25, 0.3) is 33.6 Å². The number of rotatable bonds is 5. The summed E-state index contributed by atoms with van der Waals surface area (Å²) in [7, 11) is 1.90. The summed E-state index contributed by atoms with van der Waals surface area (Å²) in [4.78, 5) is 7.25. The third-order valence-corrected chi connectivity index (χ3v) is 7.49. The first-order valence-corrected chi connectivity index (χ1v) is 13.6. The van der Waals surface area contributed by atoms with Gasteiger partial charge in [0.05, 0.1) is 41.6 Å². The second-order valence-corrected chi connectivity index (χ2v) is 10.1. The normalized spacial score (nSPS) is 22.6. The molecular formula is C28H37N8O3-. The number of nitrogens with zero attached hydrogens (tertiary/aromatic N) is 6. The topological polar surface area (TPSA) is 136 Å². The molecule has 11 heteroatoms. The molecule has 5 rings (SSSR count). The summed E-state index contributed by atoms with van der Waals surface area (Å²) >= 11 is 0. The minimum absolute atomic E-state index is 0.0400. The summed E-state index contributed by atoms with van der Waals surface area (Å²) in [6, 6.07) is 2.15. The van der Waals surface area contributed by atoms with E-state index in [1.54, 1.807) is 4.68 Å². The average molecular weight is 534 g/mol. The first kappa shape index (κ1) is 26.9. The molecule has 3 aromatic rings. The number of pyridine rings is 1. The fourth-order valence-electron chi connectivity index (χ4n) is 5.67. The standard InChI is InChI=1S/C28H37N8O3/c1-6-38-27(29)19-9-10-21-20-14-22(31-17(3)26(20)33-32-21)25-16(2)34-35(5)28(25)39-18(4)24-8-7-12-36(24)15-23(19)30-11-13-37/h9-10,14,18,24,30,37H,6-8,11-13,15H2,1-5H3,(H,32,33)/q-1/b10-9+,23-19-/t18-,24+/m0/s1. The van der Waals surface area contributed by atoms with Crippen LogP contribution < -0.4 is 10.1 Å². The van der Waals surface area contributed by atoms with Gasteiger partial charge in [-0.25, -0.2) is 4.68 Å². The van der Waals surface area contributed by atoms with Gasteiger partial charge in [0.15, 0.2) is 0 Å². The largest absolute Gasteiger partial charge is 0.771 e. The molecule has 0 unspecified atom stereocenters. The molecule has 208 valence electrons. The van der Waals surface area contributed by atoms with Crippen LogP contribution in [0.15, 0.2) is 23.4 Å². The lowest BCUT2D eigenvalue weighted by molar-refractivity contribution is 0.102. The zero-order chi connectivity index (χ0) is 27.7. The summed E-state index contributed by atoms with van der Waals surface area (Å²) in [6.45, 7) is 9.88. The highest BCUT2D eigenvalue weighted by atomic mass is 16.5. The van der Waals surface area contributed by atoms with Crippen molar-refractivity contribution in [3.05, 3.63) is 45.9 Å². The first-order chi connectivity index (χ1) is 18.8. The van der Waals surface area contributed by atoms with Crippen molar-refractivity contribution in [2.75, 3.05) is 32.8 Å². The molecule has 2 aliphatic heterocycles. The van der Waals surface area contributed by atoms with Gasteiger partial charge in [0, 0.05) is 48.7 Å². The van der Waals surface area contributed by atoms with Crippen molar-refractivity contribution >= 4 is 22.9 Å². The number of aliphatic hydroxyl groups excluding tert-OH is 1. The van der Waals surface area contributed by atoms with Gasteiger partial charge in [-0.15, -0.1) is 0 Å². The van der Waals surface area contributed by atoms with E-state index < -0.39 is 0 Å². The minimum Gasteiger partial charge on any atom is -0.771 e. The van der Waals surface area contributed by atoms with E-state index in [1.807, 2.05) is 46.0 Å². The maximum Gasteiger partial charge on any atom is 0.221 e. The minimum atomic E-state index is -0.171. The molecule has 5 heterocycles. The Morgan fingerprint density at radius 1 is 1.31 bits per heavy atom. The Hall–Kier alpha value is -3.70. The highest BCUT2D eigenvalue weighted by molar-refractivity contribution is 6.01. The molecule has 0 aliphatic carbocycles. The van der Waals surface area contributed by atoms with E-state index >= 15 is 0 Å². The van der Waals surface area contributed by atoms with Crippen molar-refractivity contribution in [1.29, 1.82) is 0 Å². The van der Waals surface area contributed by atoms with Crippen LogP contribution in [0.3, 0.4) is 0 Å². The van der Waals surface area contributed by atoms with Crippen molar-refractivity contribution in [1.82, 2.24) is 35.2 Å². The summed E-state index contributed by atoms with van der Waals surface area (Å²) in [5.41, 5.74) is 6.10. The number of H-pyrrole nitrogens is 1. The molecule has 2 bridgehead atoms. The van der Waals surface area contributed by atoms with E-state index in [1.165, 1.54) is 0 Å². The van der Waals surface area contributed by atoms with E-state index in [2.05, 4.69) is 32.4 Å². The lowest BCUT2D eigenvalue weighted by Gasteiger charge is -2.32. The molecule has 3 aromatic heterocycles. The van der Waals surface area contributed by atoms with Crippen LogP contribution in [-0.4, -0.2) is 85.9 Å². The van der Waals surface area contributed by atoms with Crippen molar-refractivity contribution in [3.63, 3.8) is 0 Å². The van der Waals surface area contributed by atoms with Gasteiger partial charge < -0.3 is 25.3 Å². The SMILES string of the molecule is CCOC(=[N-])C1=C(\NCCO)CN2CCC[C@@H]2[C@H](C)Oc2c(c(C)nn2C)-c2cc3c([nH]nc3c(C)n2)\C=C\1. The highest BCUT2D eigenvalue weighted by Gasteiger charge is 2.33. The number of aryl methyl sites for hydroxylation is 3. The molecule has 0 aromatic carbocycles. The quantitative estimate of drug-likeness (QED) is 0.336. The number of aliphatic hydroxyl groups is 1. The van der Waals surface area contributed by atoms with Crippen LogP contribution in [0.1, 0.15) is 43.8 Å². The molecule has 1 saturated heterocycles. The van der Waals surface area contributed by atoms with Gasteiger partial charge in [0.25, 0.3) is 0 Å². The number of aromatic amines is 1. The van der Waals surface area contributed by atoms with Gasteiger partial charge >= 0.3 is 0 Å². The third-order valence-electron chi connectivity index (χ3n) is 7.49. The Kier molecular flexibility index (Phi) is 7.72. The van der Waals surface area contributed by atoms with Gasteiger partial charge in [0.2, 0.25) is 5.88 Å². The van der Waals surface area contributed by atoms with Gasteiger partial charge in [-0.3, -0.25) is 15.0 Å². The van der Waals surface area contributed by atoms with Crippen LogP contribution in [0.4, 0.5) is 0 Å². The molecule has 39 heavy (non-hydrogen) atoms. The fraction of sp³-hybridized carbons (Fsp3) is 0.500. The Balaban J connectivity index is 1.73. The monoisotopic (exact) mass is 533 g/mol. The third kappa shape index (κ3) is 5.16. The van der Waals surface area contributed by atoms with Crippen LogP contribution in [-0.2, 0) is 11.8 Å². The molecule has 2 atom stereocenters. The van der Waals surface area contributed by atoms with Gasteiger partial charge in [-0.1, -0.05) is 0 Å². The first-order valence-electron chi connectivity index (χ1n) is 13.6. The number of hydrogen-bond donors (Lipinski definition) is 3. The zero-order valence-electron chi connectivity index (χ0n) is 23.3. The predicted molar refractivity (Wildman–Crippen MR) is 151 cm³/mol. The number of ether oxygens (including phenoxy) is 2. The Bertz CT molecular complexity index is 1440. The Labute approximate surface area is 228 Å². The van der Waals surface area contributed by atoms with Crippen LogP contribution in [0.5, 0.6) is 5.88 Å². The molecule has 0 amide bonds. The molecular weight excluding hydrogens is 496 g/mol. The fourth-order valence-corrected chi connectivity index (χ4v) is 5.67. The molecule has 0 spiro atoms. The molecule has 11 nitrogen and oxygen atoms in total. The van der Waals surface area contributed by atoms with E-state index in [-0.39, 0.29) is 24.7 Å². The van der Waals surface area contributed by atoms with E-state index in [4.69, 9.17) is 14.5 Å². The molecule has 3 N–H and O–H groups in total. The number of hydrogen-bond acceptors (Lipinski definition) is 8. The summed E-state index contributed by atoms with van der Waals surface area (Å²) in [5, 5.41) is 37.1. The summed E-state index contributed by atoms with van der Waals surface area (Å²) in [6.07, 6.45) is 5.60. The maximum absolute atomic E-state index is 11.0. The summed E-state index contributed by atoms with van der Waals surface area (Å²) in [5.74, 6) is 0.515. The number of nitrogens with one attached hydrogen (secondary N) is 2. The van der Waals surface area contributed by atoms with Gasteiger partial charge in [-0.05, 0) is 65.3 Å². The van der Waals surface area contributed by atoms with Crippen LogP contribution in [0, 0.1) is 13.8 Å². The molecule has 2 aliphatic rings. The predicted octanol–water partition coefficient (Wildman–Crippen LogP) is 3.07. The average Bonchev–Trinajstić information content (AvgIpc) is 3.60. The lowest BCUT2D eigenvalue weighted by atomic mass is 10.1. The van der Waals surface area contributed by atoms with E-state index in [0.29, 0.717) is 31.1 Å². The Morgan fingerprint density at radius 2 is 2.13 bits per heavy atom. The molecule has 0 saturated carbocycles. The van der Waals surface area contributed by atoms with Gasteiger partial charge in [-0.2, -0.15) is 10.2 Å². The smallest absolute Gasteiger partial charge is 0.221 e. The van der Waals surface area contributed by atoms with Crippen molar-refractivity contribution < 1.29 is 14.6 Å². The second kappa shape index (κ2) is 11.2. The lowest BCUT2D eigenvalue weighted by Crippen LogP contribution is -2.43. The number of fused-ring (bicyclic) bond motifs is 4. The van der Waals surface area contributed by atoms with E-state index in [0.717, 1.165) is 64.3 Å². The number of aromatic nitrogens is 5. The zero-order valence-corrected chi connectivity index (χ0v) is 23.3. The highest BCUT2D eigenvalue weighted by Crippen LogP contribution is 2.36. The van der Waals surface area contributed by atoms with Crippen molar-refractivity contribution in [2.24, 2.45) is 7.05 Å².